The molecule has 3 N–H and O–H groups in total. The smallest absolute Gasteiger partial charge is 0.243 e. The predicted octanol–water partition coefficient (Wildman–Crippen LogP) is 2.05. The van der Waals surface area contributed by atoms with E-state index in [1.807, 2.05) is 6.92 Å². The highest BCUT2D eigenvalue weighted by atomic mass is 28.4. The van der Waals surface area contributed by atoms with Gasteiger partial charge in [0.2, 0.25) is 17.7 Å². The predicted molar refractivity (Wildman–Crippen MR) is 115 cm³/mol. The van der Waals surface area contributed by atoms with Crippen LogP contribution in [0.15, 0.2) is 38.0 Å². The molecule has 158 valence electrons. The summed E-state index contributed by atoms with van der Waals surface area (Å²) in [5.41, 5.74) is 0. The number of hydrogen-bond donors (Lipinski definition) is 3. The molecule has 0 spiro atoms. The topological polar surface area (TPSA) is 96.5 Å². The molecule has 28 heavy (non-hydrogen) atoms. The first kappa shape index (κ1) is 25.8. The van der Waals surface area contributed by atoms with Gasteiger partial charge in [0.1, 0.15) is 0 Å². The van der Waals surface area contributed by atoms with Crippen LogP contribution >= 0.6 is 0 Å². The van der Waals surface area contributed by atoms with Crippen molar-refractivity contribution < 1.29 is 18.8 Å². The van der Waals surface area contributed by atoms with Gasteiger partial charge in [-0.1, -0.05) is 19.7 Å². The van der Waals surface area contributed by atoms with Crippen LogP contribution in [-0.2, 0) is 18.8 Å². The van der Waals surface area contributed by atoms with Crippen LogP contribution in [0.3, 0.4) is 0 Å². The van der Waals surface area contributed by atoms with Gasteiger partial charge in [0.15, 0.2) is 8.32 Å². The van der Waals surface area contributed by atoms with Crippen LogP contribution in [0.4, 0.5) is 0 Å². The Morgan fingerprint density at radius 1 is 0.750 bits per heavy atom. The van der Waals surface area contributed by atoms with Gasteiger partial charge in [-0.05, 0) is 62.5 Å². The fourth-order valence-electron chi connectivity index (χ4n) is 2.98. The third-order valence-corrected chi connectivity index (χ3v) is 9.03. The van der Waals surface area contributed by atoms with E-state index in [-0.39, 0.29) is 17.7 Å². The van der Waals surface area contributed by atoms with Gasteiger partial charge in [-0.3, -0.25) is 14.4 Å². The normalized spacial score (nSPS) is 10.6. The molecular formula is C20H35N3O4Si. The number of nitrogens with one attached hydrogen (secondary N) is 3. The zero-order chi connectivity index (χ0) is 21.3. The number of hydrogen-bond acceptors (Lipinski definition) is 4. The molecule has 3 amide bonds. The number of carbonyl (C=O) groups is 3. The van der Waals surface area contributed by atoms with Crippen molar-refractivity contribution >= 4 is 26.0 Å². The van der Waals surface area contributed by atoms with Crippen molar-refractivity contribution in [2.24, 2.45) is 0 Å². The van der Waals surface area contributed by atoms with E-state index in [9.17, 15) is 14.4 Å². The summed E-state index contributed by atoms with van der Waals surface area (Å²) in [6, 6.07) is 2.72. The van der Waals surface area contributed by atoms with Crippen molar-refractivity contribution in [3.05, 3.63) is 38.0 Å². The molecule has 0 atom stereocenters. The minimum Gasteiger partial charge on any atom is -0.417 e. The summed E-state index contributed by atoms with van der Waals surface area (Å²) in [5.74, 6) is -0.533. The number of rotatable bonds is 17. The molecule has 0 aliphatic rings. The minimum absolute atomic E-state index is 0.178. The molecule has 0 bridgehead atoms. The van der Waals surface area contributed by atoms with Gasteiger partial charge >= 0.3 is 0 Å². The monoisotopic (exact) mass is 409 g/mol. The lowest BCUT2D eigenvalue weighted by Gasteiger charge is -2.31. The summed E-state index contributed by atoms with van der Waals surface area (Å²) in [6.45, 7) is 14.7. The van der Waals surface area contributed by atoms with Gasteiger partial charge in [0.05, 0.1) is 0 Å². The lowest BCUT2D eigenvalue weighted by Crippen LogP contribution is -2.41. The van der Waals surface area contributed by atoms with E-state index in [0.717, 1.165) is 37.4 Å². The van der Waals surface area contributed by atoms with Gasteiger partial charge in [0.25, 0.3) is 0 Å². The molecule has 7 nitrogen and oxygen atoms in total. The van der Waals surface area contributed by atoms with Crippen molar-refractivity contribution in [1.29, 1.82) is 0 Å². The third kappa shape index (κ3) is 12.2. The Labute approximate surface area is 169 Å². The summed E-state index contributed by atoms with van der Waals surface area (Å²) < 4.78 is 6.27. The molecule has 0 aromatic heterocycles. The third-order valence-electron chi connectivity index (χ3n) is 4.33. The molecule has 0 saturated carbocycles. The van der Waals surface area contributed by atoms with Crippen LogP contribution in [-0.4, -0.2) is 52.3 Å². The molecule has 0 aliphatic heterocycles. The molecule has 0 aromatic carbocycles. The first-order valence-electron chi connectivity index (χ1n) is 9.77. The molecule has 0 rings (SSSR count). The maximum Gasteiger partial charge on any atom is 0.243 e. The largest absolute Gasteiger partial charge is 0.417 e. The maximum atomic E-state index is 11.3. The summed E-state index contributed by atoms with van der Waals surface area (Å²) in [7, 11) is -2.07. The highest BCUT2D eigenvalue weighted by Gasteiger charge is 2.33. The minimum atomic E-state index is -2.07. The van der Waals surface area contributed by atoms with Crippen LogP contribution in [0.25, 0.3) is 0 Å². The van der Waals surface area contributed by atoms with Gasteiger partial charge in [-0.15, -0.1) is 0 Å². The Kier molecular flexibility index (Phi) is 14.6. The van der Waals surface area contributed by atoms with Gasteiger partial charge in [-0.25, -0.2) is 0 Å². The molecule has 0 aliphatic carbocycles. The van der Waals surface area contributed by atoms with Crippen LogP contribution in [0.5, 0.6) is 0 Å². The van der Waals surface area contributed by atoms with E-state index in [2.05, 4.69) is 35.7 Å². The average molecular weight is 410 g/mol. The van der Waals surface area contributed by atoms with E-state index in [1.54, 1.807) is 0 Å². The Balaban J connectivity index is 4.76. The highest BCUT2D eigenvalue weighted by molar-refractivity contribution is 6.73. The zero-order valence-corrected chi connectivity index (χ0v) is 18.1. The van der Waals surface area contributed by atoms with E-state index in [1.165, 1.54) is 18.2 Å². The van der Waals surface area contributed by atoms with E-state index in [0.29, 0.717) is 26.2 Å². The quantitative estimate of drug-likeness (QED) is 0.195. The molecular weight excluding hydrogens is 374 g/mol. The van der Waals surface area contributed by atoms with Crippen molar-refractivity contribution in [3.8, 4) is 0 Å². The van der Waals surface area contributed by atoms with Crippen LogP contribution in [0, 0.1) is 0 Å². The summed E-state index contributed by atoms with van der Waals surface area (Å²) in [4.78, 5) is 34.0. The number of carbonyl (C=O) groups excluding carboxylic acids is 3. The molecule has 0 radical (unpaired) electrons. The van der Waals surface area contributed by atoms with E-state index in [4.69, 9.17) is 4.43 Å². The van der Waals surface area contributed by atoms with Crippen LogP contribution < -0.4 is 16.0 Å². The molecule has 0 fully saturated rings. The van der Waals surface area contributed by atoms with Crippen LogP contribution in [0.1, 0.15) is 26.2 Å². The average Bonchev–Trinajstić information content (AvgIpc) is 2.71. The second-order valence-electron chi connectivity index (χ2n) is 6.41. The molecule has 8 heteroatoms. The first-order valence-corrected chi connectivity index (χ1v) is 12.3. The zero-order valence-electron chi connectivity index (χ0n) is 17.1. The highest BCUT2D eigenvalue weighted by Crippen LogP contribution is 2.27. The van der Waals surface area contributed by atoms with E-state index < -0.39 is 8.32 Å². The Hall–Kier alpha value is -2.19. The SMILES string of the molecule is C=CC(=O)NCCC[Si](CCCNC(=O)C=C)(CCCNC(=O)C=C)OCC. The lowest BCUT2D eigenvalue weighted by atomic mass is 10.4. The van der Waals surface area contributed by atoms with Crippen molar-refractivity contribution in [3.63, 3.8) is 0 Å². The van der Waals surface area contributed by atoms with Gasteiger partial charge in [-0.2, -0.15) is 0 Å². The van der Waals surface area contributed by atoms with Crippen molar-refractivity contribution in [2.75, 3.05) is 26.2 Å². The number of amides is 3. The second-order valence-corrected chi connectivity index (χ2v) is 10.6. The first-order chi connectivity index (χ1) is 13.4. The summed E-state index contributed by atoms with van der Waals surface area (Å²) in [6.07, 6.45) is 6.25. The Morgan fingerprint density at radius 2 is 1.07 bits per heavy atom. The van der Waals surface area contributed by atoms with Crippen LogP contribution in [0.2, 0.25) is 18.1 Å². The second kappa shape index (κ2) is 15.8. The van der Waals surface area contributed by atoms with Gasteiger partial charge < -0.3 is 20.4 Å². The van der Waals surface area contributed by atoms with Crippen molar-refractivity contribution in [2.45, 2.75) is 44.3 Å². The fraction of sp³-hybridized carbons (Fsp3) is 0.550. The standard InChI is InChI=1S/C20H35N3O4Si/c1-5-18(24)21-12-9-15-28(27-8-4,16-10-13-22-19(25)6-2)17-11-14-23-20(26)7-3/h5-7H,1-3,8-17H2,4H3,(H,21,24)(H,22,25)(H,23,26). The lowest BCUT2D eigenvalue weighted by molar-refractivity contribution is -0.117. The molecule has 0 saturated heterocycles. The Bertz CT molecular complexity index is 468. The maximum absolute atomic E-state index is 11.3. The van der Waals surface area contributed by atoms with Gasteiger partial charge in [0, 0.05) is 26.2 Å². The molecule has 0 unspecified atom stereocenters. The fourth-order valence-corrected chi connectivity index (χ4v) is 7.24. The Morgan fingerprint density at radius 3 is 1.32 bits per heavy atom. The summed E-state index contributed by atoms with van der Waals surface area (Å²) in [5, 5.41) is 8.40. The molecule has 0 heterocycles. The van der Waals surface area contributed by atoms with E-state index >= 15 is 0 Å². The molecule has 0 aromatic rings. The van der Waals surface area contributed by atoms with Crippen molar-refractivity contribution in [1.82, 2.24) is 16.0 Å². The summed E-state index contributed by atoms with van der Waals surface area (Å²) >= 11 is 0.